The molecule has 146 valence electrons. The number of aryl methyl sites for hydroxylation is 1. The summed E-state index contributed by atoms with van der Waals surface area (Å²) in [6.07, 6.45) is 2.99. The van der Waals surface area contributed by atoms with E-state index in [0.717, 1.165) is 5.56 Å². The van der Waals surface area contributed by atoms with E-state index in [2.05, 4.69) is 25.6 Å². The van der Waals surface area contributed by atoms with E-state index < -0.39 is 0 Å². The Balaban J connectivity index is 1.66. The monoisotopic (exact) mass is 392 g/mol. The maximum Gasteiger partial charge on any atom is 0.168 e. The van der Waals surface area contributed by atoms with Crippen LogP contribution in [0.3, 0.4) is 0 Å². The lowest BCUT2D eigenvalue weighted by Crippen LogP contribution is -1.99. The zero-order valence-electron chi connectivity index (χ0n) is 15.7. The quantitative estimate of drug-likeness (QED) is 0.399. The molecule has 2 N–H and O–H groups in total. The smallest absolute Gasteiger partial charge is 0.168 e. The van der Waals surface area contributed by atoms with Crippen LogP contribution in [0.5, 0.6) is 11.5 Å². The number of fused-ring (bicyclic) bond motifs is 1. The average Bonchev–Trinajstić information content (AvgIpc) is 3.07. The molecule has 2 aromatic heterocycles. The summed E-state index contributed by atoms with van der Waals surface area (Å²) in [4.78, 5) is 8.57. The highest BCUT2D eigenvalue weighted by Crippen LogP contribution is 2.27. The first-order chi connectivity index (χ1) is 14.1. The van der Waals surface area contributed by atoms with Crippen molar-refractivity contribution in [3.63, 3.8) is 0 Å². The van der Waals surface area contributed by atoms with Gasteiger partial charge in [-0.1, -0.05) is 0 Å². The lowest BCUT2D eigenvalue weighted by molar-refractivity contribution is 0.373. The minimum atomic E-state index is -0.320. The Morgan fingerprint density at radius 1 is 1.17 bits per heavy atom. The number of anilines is 1. The summed E-state index contributed by atoms with van der Waals surface area (Å²) in [5, 5.41) is 19.1. The van der Waals surface area contributed by atoms with Gasteiger partial charge >= 0.3 is 0 Å². The molecule has 0 atom stereocenters. The fraction of sp³-hybridized carbons (Fsp3) is 0.100. The molecule has 2 heterocycles. The van der Waals surface area contributed by atoms with Gasteiger partial charge in [-0.2, -0.15) is 10.2 Å². The topological polar surface area (TPSA) is 97.5 Å². The standard InChI is InChI=1S/C20H17FN6O2/c1-12-18-19(25-24-10-13-3-8-16(28)17(9-13)29-2)22-11-23-20(18)27(26-12)15-6-4-14(21)5-7-15/h3-11,28H,1-2H3,(H,22,23,25)/b24-10+. The van der Waals surface area contributed by atoms with Crippen molar-refractivity contribution in [2.24, 2.45) is 5.10 Å². The molecule has 0 spiro atoms. The second kappa shape index (κ2) is 7.55. The van der Waals surface area contributed by atoms with Crippen molar-refractivity contribution in [2.75, 3.05) is 12.5 Å². The van der Waals surface area contributed by atoms with Crippen molar-refractivity contribution < 1.29 is 14.2 Å². The predicted octanol–water partition coefficient (Wildman–Crippen LogP) is 3.42. The molecule has 0 bridgehead atoms. The van der Waals surface area contributed by atoms with E-state index >= 15 is 0 Å². The van der Waals surface area contributed by atoms with E-state index in [0.29, 0.717) is 34.0 Å². The second-order valence-electron chi connectivity index (χ2n) is 6.20. The van der Waals surface area contributed by atoms with Crippen molar-refractivity contribution >= 4 is 23.1 Å². The van der Waals surface area contributed by atoms with Crippen LogP contribution in [0.15, 0.2) is 53.9 Å². The molecule has 4 aromatic rings. The van der Waals surface area contributed by atoms with Gasteiger partial charge in [0.2, 0.25) is 0 Å². The highest BCUT2D eigenvalue weighted by molar-refractivity contribution is 5.90. The van der Waals surface area contributed by atoms with Crippen LogP contribution in [0.25, 0.3) is 16.7 Å². The van der Waals surface area contributed by atoms with E-state index in [4.69, 9.17) is 4.74 Å². The van der Waals surface area contributed by atoms with Crippen molar-refractivity contribution in [3.8, 4) is 17.2 Å². The van der Waals surface area contributed by atoms with Crippen molar-refractivity contribution in [1.82, 2.24) is 19.7 Å². The third kappa shape index (κ3) is 3.57. The number of hydrogen-bond donors (Lipinski definition) is 2. The first-order valence-corrected chi connectivity index (χ1v) is 8.69. The number of phenols is 1. The molecular weight excluding hydrogens is 375 g/mol. The van der Waals surface area contributed by atoms with Gasteiger partial charge in [-0.3, -0.25) is 5.43 Å². The third-order valence-corrected chi connectivity index (χ3v) is 4.30. The fourth-order valence-electron chi connectivity index (χ4n) is 2.91. The molecule has 8 nitrogen and oxygen atoms in total. The van der Waals surface area contributed by atoms with Crippen molar-refractivity contribution in [1.29, 1.82) is 0 Å². The minimum absolute atomic E-state index is 0.0546. The number of aromatic hydroxyl groups is 1. The number of ether oxygens (including phenoxy) is 1. The van der Waals surface area contributed by atoms with Crippen LogP contribution in [-0.2, 0) is 0 Å². The number of halogens is 1. The lowest BCUT2D eigenvalue weighted by Gasteiger charge is -2.05. The minimum Gasteiger partial charge on any atom is -0.504 e. The molecular formula is C20H17FN6O2. The molecule has 0 unspecified atom stereocenters. The van der Waals surface area contributed by atoms with Gasteiger partial charge in [0.15, 0.2) is 23.0 Å². The molecule has 29 heavy (non-hydrogen) atoms. The number of rotatable bonds is 5. The van der Waals surface area contributed by atoms with Gasteiger partial charge in [-0.15, -0.1) is 0 Å². The van der Waals surface area contributed by atoms with Gasteiger partial charge < -0.3 is 9.84 Å². The molecule has 0 aliphatic heterocycles. The zero-order valence-corrected chi connectivity index (χ0v) is 15.7. The van der Waals surface area contributed by atoms with Crippen LogP contribution in [0.2, 0.25) is 0 Å². The van der Waals surface area contributed by atoms with Crippen LogP contribution in [0, 0.1) is 12.7 Å². The van der Waals surface area contributed by atoms with Gasteiger partial charge in [-0.25, -0.2) is 19.0 Å². The normalized spacial score (nSPS) is 11.3. The van der Waals surface area contributed by atoms with Gasteiger partial charge in [0, 0.05) is 0 Å². The van der Waals surface area contributed by atoms with Crippen LogP contribution >= 0.6 is 0 Å². The van der Waals surface area contributed by atoms with E-state index in [1.165, 1.54) is 31.6 Å². The van der Waals surface area contributed by atoms with E-state index in [1.807, 2.05) is 6.92 Å². The van der Waals surface area contributed by atoms with Gasteiger partial charge in [0.05, 0.1) is 30.1 Å². The Morgan fingerprint density at radius 2 is 1.97 bits per heavy atom. The fourth-order valence-corrected chi connectivity index (χ4v) is 2.91. The number of benzene rings is 2. The van der Waals surface area contributed by atoms with Crippen LogP contribution in [0.1, 0.15) is 11.3 Å². The summed E-state index contributed by atoms with van der Waals surface area (Å²) >= 11 is 0. The van der Waals surface area contributed by atoms with Crippen molar-refractivity contribution in [3.05, 3.63) is 65.9 Å². The number of hydrazone groups is 1. The van der Waals surface area contributed by atoms with Crippen molar-refractivity contribution in [2.45, 2.75) is 6.92 Å². The number of phenolic OH excluding ortho intramolecular Hbond substituents is 1. The Bertz CT molecular complexity index is 1200. The van der Waals surface area contributed by atoms with Crippen LogP contribution in [-0.4, -0.2) is 38.2 Å². The lowest BCUT2D eigenvalue weighted by atomic mass is 10.2. The highest BCUT2D eigenvalue weighted by atomic mass is 19.1. The third-order valence-electron chi connectivity index (χ3n) is 4.30. The largest absolute Gasteiger partial charge is 0.504 e. The van der Waals surface area contributed by atoms with E-state index in [9.17, 15) is 9.50 Å². The van der Waals surface area contributed by atoms with Gasteiger partial charge in [0.1, 0.15) is 12.1 Å². The number of hydrogen-bond acceptors (Lipinski definition) is 7. The van der Waals surface area contributed by atoms with E-state index in [1.54, 1.807) is 35.2 Å². The zero-order chi connectivity index (χ0) is 20.4. The molecule has 0 aliphatic carbocycles. The Hall–Kier alpha value is -4.01. The Labute approximate surface area is 165 Å². The summed E-state index contributed by atoms with van der Waals surface area (Å²) in [7, 11) is 1.48. The summed E-state index contributed by atoms with van der Waals surface area (Å²) in [6.45, 7) is 1.84. The number of nitrogens with one attached hydrogen (secondary N) is 1. The summed E-state index contributed by atoms with van der Waals surface area (Å²) in [5.41, 5.74) is 5.61. The maximum atomic E-state index is 13.2. The predicted molar refractivity (Wildman–Crippen MR) is 107 cm³/mol. The first-order valence-electron chi connectivity index (χ1n) is 8.69. The first kappa shape index (κ1) is 18.4. The van der Waals surface area contributed by atoms with Crippen LogP contribution in [0.4, 0.5) is 10.2 Å². The molecule has 0 amide bonds. The highest BCUT2D eigenvalue weighted by Gasteiger charge is 2.15. The van der Waals surface area contributed by atoms with Gasteiger partial charge in [-0.05, 0) is 55.0 Å². The summed E-state index contributed by atoms with van der Waals surface area (Å²) in [6, 6.07) is 10.9. The van der Waals surface area contributed by atoms with E-state index in [-0.39, 0.29) is 11.6 Å². The average molecular weight is 392 g/mol. The Kier molecular flexibility index (Phi) is 4.78. The molecule has 0 saturated heterocycles. The summed E-state index contributed by atoms with van der Waals surface area (Å²) in [5.74, 6) is 0.579. The molecule has 9 heteroatoms. The molecule has 0 saturated carbocycles. The maximum absolute atomic E-state index is 13.2. The van der Waals surface area contributed by atoms with Crippen LogP contribution < -0.4 is 10.2 Å². The number of methoxy groups -OCH3 is 1. The number of aromatic nitrogens is 4. The Morgan fingerprint density at radius 3 is 2.72 bits per heavy atom. The van der Waals surface area contributed by atoms with Gasteiger partial charge in [0.25, 0.3) is 0 Å². The molecule has 0 fully saturated rings. The second-order valence-corrected chi connectivity index (χ2v) is 6.20. The molecule has 4 rings (SSSR count). The SMILES string of the molecule is COc1cc(/C=N/Nc2ncnc3c2c(C)nn3-c2ccc(F)cc2)ccc1O. The molecule has 2 aromatic carbocycles. The molecule has 0 aliphatic rings. The molecule has 0 radical (unpaired) electrons. The number of nitrogens with zero attached hydrogens (tertiary/aromatic N) is 5. The summed E-state index contributed by atoms with van der Waals surface area (Å²) < 4.78 is 20.0.